The number of aromatic nitrogens is 2. The van der Waals surface area contributed by atoms with E-state index in [4.69, 9.17) is 4.74 Å². The van der Waals surface area contributed by atoms with Gasteiger partial charge in [-0.25, -0.2) is 8.42 Å². The SMILES string of the molecule is CCc1nnc(NS(=O)(=O)c2ccc(NC(=O)c3cccc(Oc4ccccc4)c3)cc2)s1. The normalized spacial score (nSPS) is 11.1. The highest BCUT2D eigenvalue weighted by Crippen LogP contribution is 2.24. The topological polar surface area (TPSA) is 110 Å². The number of aryl methyl sites for hydroxylation is 1. The van der Waals surface area contributed by atoms with Gasteiger partial charge in [0.05, 0.1) is 4.90 Å². The summed E-state index contributed by atoms with van der Waals surface area (Å²) >= 11 is 1.19. The molecule has 0 fully saturated rings. The van der Waals surface area contributed by atoms with Gasteiger partial charge in [0.1, 0.15) is 16.5 Å². The molecule has 0 bridgehead atoms. The Balaban J connectivity index is 1.42. The Hall–Kier alpha value is -3.76. The molecule has 0 atom stereocenters. The number of para-hydroxylation sites is 1. The van der Waals surface area contributed by atoms with Crippen molar-refractivity contribution in [2.24, 2.45) is 0 Å². The van der Waals surface area contributed by atoms with Gasteiger partial charge in [0, 0.05) is 11.3 Å². The van der Waals surface area contributed by atoms with Crippen LogP contribution in [0, 0.1) is 0 Å². The van der Waals surface area contributed by atoms with Crippen LogP contribution in [-0.4, -0.2) is 24.5 Å². The average Bonchev–Trinajstić information content (AvgIpc) is 3.27. The zero-order chi connectivity index (χ0) is 23.3. The van der Waals surface area contributed by atoms with Gasteiger partial charge in [0.25, 0.3) is 15.9 Å². The minimum Gasteiger partial charge on any atom is -0.457 e. The molecule has 2 N–H and O–H groups in total. The van der Waals surface area contributed by atoms with Crippen LogP contribution in [0.4, 0.5) is 10.8 Å². The quantitative estimate of drug-likeness (QED) is 0.369. The zero-order valence-electron chi connectivity index (χ0n) is 17.6. The second-order valence-electron chi connectivity index (χ2n) is 6.88. The van der Waals surface area contributed by atoms with E-state index in [2.05, 4.69) is 20.2 Å². The predicted molar refractivity (Wildman–Crippen MR) is 127 cm³/mol. The van der Waals surface area contributed by atoms with Gasteiger partial charge in [-0.2, -0.15) is 0 Å². The summed E-state index contributed by atoms with van der Waals surface area (Å²) in [6.45, 7) is 1.92. The molecule has 3 aromatic carbocycles. The molecule has 0 spiro atoms. The first kappa shape index (κ1) is 22.4. The molecule has 0 saturated heterocycles. The number of ether oxygens (including phenoxy) is 1. The van der Waals surface area contributed by atoms with Crippen molar-refractivity contribution in [1.82, 2.24) is 10.2 Å². The molecule has 33 heavy (non-hydrogen) atoms. The van der Waals surface area contributed by atoms with Gasteiger partial charge < -0.3 is 10.1 Å². The molecule has 4 rings (SSSR count). The number of anilines is 2. The van der Waals surface area contributed by atoms with Gasteiger partial charge >= 0.3 is 0 Å². The summed E-state index contributed by atoms with van der Waals surface area (Å²) in [7, 11) is -3.81. The van der Waals surface area contributed by atoms with Crippen LogP contribution in [0.2, 0.25) is 0 Å². The first-order valence-corrected chi connectivity index (χ1v) is 12.3. The summed E-state index contributed by atoms with van der Waals surface area (Å²) in [5, 5.41) is 11.4. The third-order valence-electron chi connectivity index (χ3n) is 4.49. The molecule has 168 valence electrons. The monoisotopic (exact) mass is 480 g/mol. The fourth-order valence-corrected chi connectivity index (χ4v) is 4.77. The van der Waals surface area contributed by atoms with Crippen molar-refractivity contribution in [3.8, 4) is 11.5 Å². The number of carbonyl (C=O) groups is 1. The predicted octanol–water partition coefficient (Wildman–Crippen LogP) is 4.95. The van der Waals surface area contributed by atoms with Gasteiger partial charge in [-0.05, 0) is 61.0 Å². The van der Waals surface area contributed by atoms with Crippen molar-refractivity contribution in [1.29, 1.82) is 0 Å². The number of amides is 1. The Kier molecular flexibility index (Phi) is 6.66. The van der Waals surface area contributed by atoms with Crippen LogP contribution in [0.15, 0.2) is 83.8 Å². The minimum atomic E-state index is -3.81. The number of nitrogens with zero attached hydrogens (tertiary/aromatic N) is 2. The van der Waals surface area contributed by atoms with Crippen molar-refractivity contribution in [2.75, 3.05) is 10.0 Å². The maximum atomic E-state index is 12.7. The third-order valence-corrected chi connectivity index (χ3v) is 6.96. The molecule has 4 aromatic rings. The summed E-state index contributed by atoms with van der Waals surface area (Å²) < 4.78 is 33.3. The van der Waals surface area contributed by atoms with Crippen LogP contribution in [0.5, 0.6) is 11.5 Å². The summed E-state index contributed by atoms with van der Waals surface area (Å²) in [5.41, 5.74) is 0.863. The van der Waals surface area contributed by atoms with Crippen LogP contribution >= 0.6 is 11.3 Å². The van der Waals surface area contributed by atoms with E-state index in [1.807, 2.05) is 37.3 Å². The van der Waals surface area contributed by atoms with Crippen LogP contribution in [-0.2, 0) is 16.4 Å². The highest BCUT2D eigenvalue weighted by molar-refractivity contribution is 7.93. The first-order valence-electron chi connectivity index (χ1n) is 10.0. The van der Waals surface area contributed by atoms with Crippen molar-refractivity contribution in [3.05, 3.63) is 89.4 Å². The van der Waals surface area contributed by atoms with E-state index in [-0.39, 0.29) is 15.9 Å². The molecule has 0 aliphatic carbocycles. The number of nitrogens with one attached hydrogen (secondary N) is 2. The molecule has 0 aliphatic rings. The molecular formula is C23H20N4O4S2. The minimum absolute atomic E-state index is 0.0482. The highest BCUT2D eigenvalue weighted by Gasteiger charge is 2.17. The third kappa shape index (κ3) is 5.73. The Morgan fingerprint density at radius 2 is 1.67 bits per heavy atom. The molecule has 1 amide bonds. The van der Waals surface area contributed by atoms with Crippen molar-refractivity contribution >= 4 is 38.1 Å². The van der Waals surface area contributed by atoms with E-state index in [1.54, 1.807) is 24.3 Å². The zero-order valence-corrected chi connectivity index (χ0v) is 19.2. The lowest BCUT2D eigenvalue weighted by molar-refractivity contribution is 0.102. The fraction of sp³-hybridized carbons (Fsp3) is 0.0870. The molecule has 0 unspecified atom stereocenters. The van der Waals surface area contributed by atoms with Gasteiger partial charge in [-0.1, -0.05) is 42.5 Å². The fourth-order valence-electron chi connectivity index (χ4n) is 2.86. The smallest absolute Gasteiger partial charge is 0.263 e. The molecule has 1 heterocycles. The summed E-state index contributed by atoms with van der Waals surface area (Å²) in [6.07, 6.45) is 0.676. The van der Waals surface area contributed by atoms with Crippen LogP contribution in [0.1, 0.15) is 22.3 Å². The molecule has 8 nitrogen and oxygen atoms in total. The summed E-state index contributed by atoms with van der Waals surface area (Å²) in [6, 6.07) is 21.9. The molecule has 0 saturated carbocycles. The molecule has 0 aliphatic heterocycles. The lowest BCUT2D eigenvalue weighted by Gasteiger charge is -2.09. The Labute approximate surface area is 195 Å². The largest absolute Gasteiger partial charge is 0.457 e. The lowest BCUT2D eigenvalue weighted by Crippen LogP contribution is -2.14. The average molecular weight is 481 g/mol. The second kappa shape index (κ2) is 9.80. The van der Waals surface area contributed by atoms with Crippen molar-refractivity contribution < 1.29 is 17.9 Å². The van der Waals surface area contributed by atoms with Crippen molar-refractivity contribution in [3.63, 3.8) is 0 Å². The van der Waals surface area contributed by atoms with E-state index in [1.165, 1.54) is 35.6 Å². The van der Waals surface area contributed by atoms with Crippen molar-refractivity contribution in [2.45, 2.75) is 18.2 Å². The second-order valence-corrected chi connectivity index (χ2v) is 9.63. The van der Waals surface area contributed by atoms with E-state index in [9.17, 15) is 13.2 Å². The maximum Gasteiger partial charge on any atom is 0.263 e. The standard InChI is InChI=1S/C23H20N4O4S2/c1-2-21-25-26-23(32-21)27-33(29,30)20-13-11-17(12-14-20)24-22(28)16-7-6-10-19(15-16)31-18-8-4-3-5-9-18/h3-15H,2H2,1H3,(H,24,28)(H,26,27). The van der Waals surface area contributed by atoms with E-state index in [0.29, 0.717) is 29.2 Å². The lowest BCUT2D eigenvalue weighted by atomic mass is 10.2. The number of sulfonamides is 1. The Morgan fingerprint density at radius 3 is 2.36 bits per heavy atom. The van der Waals surface area contributed by atoms with Gasteiger partial charge in [0.2, 0.25) is 5.13 Å². The van der Waals surface area contributed by atoms with Crippen LogP contribution in [0.3, 0.4) is 0 Å². The molecule has 10 heteroatoms. The number of hydrogen-bond donors (Lipinski definition) is 2. The van der Waals surface area contributed by atoms with Crippen LogP contribution in [0.25, 0.3) is 0 Å². The molecule has 1 aromatic heterocycles. The Morgan fingerprint density at radius 1 is 0.939 bits per heavy atom. The Bertz CT molecular complexity index is 1350. The van der Waals surface area contributed by atoms with Gasteiger partial charge in [0.15, 0.2) is 0 Å². The molecule has 0 radical (unpaired) electrons. The van der Waals surface area contributed by atoms with E-state index in [0.717, 1.165) is 5.01 Å². The number of rotatable bonds is 8. The number of carbonyl (C=O) groups excluding carboxylic acids is 1. The van der Waals surface area contributed by atoms with Gasteiger partial charge in [-0.15, -0.1) is 10.2 Å². The number of hydrogen-bond acceptors (Lipinski definition) is 7. The first-order chi connectivity index (χ1) is 15.9. The van der Waals surface area contributed by atoms with Gasteiger partial charge in [-0.3, -0.25) is 9.52 Å². The van der Waals surface area contributed by atoms with Crippen LogP contribution < -0.4 is 14.8 Å². The van der Waals surface area contributed by atoms with E-state index < -0.39 is 10.0 Å². The van der Waals surface area contributed by atoms with E-state index >= 15 is 0 Å². The summed E-state index contributed by atoms with van der Waals surface area (Å²) in [4.78, 5) is 12.7. The maximum absolute atomic E-state index is 12.7. The molecular weight excluding hydrogens is 460 g/mol. The highest BCUT2D eigenvalue weighted by atomic mass is 32.2. The summed E-state index contributed by atoms with van der Waals surface area (Å²) in [5.74, 6) is 0.854. The number of benzene rings is 3.